The third-order valence-electron chi connectivity index (χ3n) is 2.40. The average Bonchev–Trinajstić information content (AvgIpc) is 2.30. The topological polar surface area (TPSA) is 9.23 Å². The fourth-order valence-corrected chi connectivity index (χ4v) is 2.12. The van der Waals surface area contributed by atoms with Crippen molar-refractivity contribution in [1.82, 2.24) is 0 Å². The molecule has 7 heteroatoms. The first-order chi connectivity index (χ1) is 9.26. The lowest BCUT2D eigenvalue weighted by Gasteiger charge is -2.11. The minimum absolute atomic E-state index is 0.265. The van der Waals surface area contributed by atoms with Gasteiger partial charge in [-0.15, -0.1) is 13.2 Å². The molecule has 0 saturated carbocycles. The highest BCUT2D eigenvalue weighted by molar-refractivity contribution is 6.36. The quantitative estimate of drug-likeness (QED) is 0.644. The van der Waals surface area contributed by atoms with Crippen molar-refractivity contribution in [1.29, 1.82) is 0 Å². The Morgan fingerprint density at radius 3 is 2.20 bits per heavy atom. The van der Waals surface area contributed by atoms with Gasteiger partial charge in [0.05, 0.1) is 0 Å². The molecule has 0 spiro atoms. The predicted molar refractivity (Wildman–Crippen MR) is 68.5 cm³/mol. The summed E-state index contributed by atoms with van der Waals surface area (Å²) in [6, 6.07) is 7.62. The van der Waals surface area contributed by atoms with Crippen molar-refractivity contribution in [2.45, 2.75) is 6.36 Å². The summed E-state index contributed by atoms with van der Waals surface area (Å²) < 4.78 is 53.2. The zero-order valence-corrected chi connectivity index (χ0v) is 11.2. The summed E-state index contributed by atoms with van der Waals surface area (Å²) in [6.45, 7) is 0. The number of hydrogen-bond acceptors (Lipinski definition) is 1. The molecule has 0 aromatic heterocycles. The van der Waals surface area contributed by atoms with Gasteiger partial charge < -0.3 is 4.74 Å². The minimum atomic E-state index is -4.94. The molecule has 106 valence electrons. The Morgan fingerprint density at radius 1 is 0.950 bits per heavy atom. The molecule has 0 radical (unpaired) electrons. The zero-order valence-electron chi connectivity index (χ0n) is 9.64. The van der Waals surface area contributed by atoms with E-state index in [4.69, 9.17) is 23.2 Å². The van der Waals surface area contributed by atoms with Crippen LogP contribution >= 0.6 is 23.2 Å². The van der Waals surface area contributed by atoms with Crippen molar-refractivity contribution in [3.05, 3.63) is 52.3 Å². The molecule has 0 fully saturated rings. The Hall–Kier alpha value is -1.46. The summed E-state index contributed by atoms with van der Waals surface area (Å²) >= 11 is 11.7. The summed E-state index contributed by atoms with van der Waals surface area (Å²) in [6.07, 6.45) is -4.94. The maximum Gasteiger partial charge on any atom is 0.573 e. The van der Waals surface area contributed by atoms with E-state index >= 15 is 0 Å². The molecule has 0 aliphatic rings. The van der Waals surface area contributed by atoms with Gasteiger partial charge in [0.25, 0.3) is 0 Å². The highest BCUT2D eigenvalue weighted by Crippen LogP contribution is 2.33. The van der Waals surface area contributed by atoms with E-state index in [1.54, 1.807) is 12.1 Å². The van der Waals surface area contributed by atoms with Crippen molar-refractivity contribution in [3.63, 3.8) is 0 Å². The first-order valence-electron chi connectivity index (χ1n) is 5.27. The van der Waals surface area contributed by atoms with E-state index in [0.717, 1.165) is 12.1 Å². The van der Waals surface area contributed by atoms with Crippen LogP contribution < -0.4 is 4.74 Å². The van der Waals surface area contributed by atoms with E-state index in [2.05, 4.69) is 4.74 Å². The van der Waals surface area contributed by atoms with Crippen LogP contribution in [-0.2, 0) is 0 Å². The van der Waals surface area contributed by atoms with E-state index in [0.29, 0.717) is 16.1 Å². The third-order valence-corrected chi connectivity index (χ3v) is 2.95. The molecule has 0 heterocycles. The molecule has 2 rings (SSSR count). The Bertz CT molecular complexity index is 641. The molecule has 2 aromatic carbocycles. The number of alkyl halides is 3. The van der Waals surface area contributed by atoms with Crippen LogP contribution in [0.3, 0.4) is 0 Å². The molecule has 2 aromatic rings. The molecular formula is C13H6Cl2F4O. The Kier molecular flexibility index (Phi) is 4.11. The second-order valence-corrected chi connectivity index (χ2v) is 4.66. The number of benzene rings is 2. The Balaban J connectivity index is 2.38. The van der Waals surface area contributed by atoms with Crippen LogP contribution in [-0.4, -0.2) is 6.36 Å². The van der Waals surface area contributed by atoms with Crippen molar-refractivity contribution >= 4 is 23.2 Å². The molecule has 0 aliphatic heterocycles. The van der Waals surface area contributed by atoms with Gasteiger partial charge in [0.15, 0.2) is 11.6 Å². The summed E-state index contributed by atoms with van der Waals surface area (Å²) in [4.78, 5) is 0. The second kappa shape index (κ2) is 5.50. The lowest BCUT2D eigenvalue weighted by Crippen LogP contribution is -2.17. The average molecular weight is 325 g/mol. The molecule has 0 N–H and O–H groups in total. The van der Waals surface area contributed by atoms with Crippen LogP contribution in [0.15, 0.2) is 36.4 Å². The van der Waals surface area contributed by atoms with Gasteiger partial charge in [-0.05, 0) is 29.8 Å². The van der Waals surface area contributed by atoms with Gasteiger partial charge in [0.1, 0.15) is 0 Å². The van der Waals surface area contributed by atoms with E-state index < -0.39 is 17.9 Å². The Morgan fingerprint density at radius 2 is 1.65 bits per heavy atom. The van der Waals surface area contributed by atoms with Crippen LogP contribution in [0.4, 0.5) is 17.6 Å². The van der Waals surface area contributed by atoms with Crippen LogP contribution in [0, 0.1) is 5.82 Å². The monoisotopic (exact) mass is 324 g/mol. The van der Waals surface area contributed by atoms with Gasteiger partial charge in [-0.25, -0.2) is 4.39 Å². The largest absolute Gasteiger partial charge is 0.573 e. The van der Waals surface area contributed by atoms with E-state index in [-0.39, 0.29) is 5.02 Å². The lowest BCUT2D eigenvalue weighted by molar-refractivity contribution is -0.275. The van der Waals surface area contributed by atoms with Crippen LogP contribution in [0.1, 0.15) is 0 Å². The van der Waals surface area contributed by atoms with Crippen molar-refractivity contribution < 1.29 is 22.3 Å². The number of ether oxygens (including phenoxy) is 1. The zero-order chi connectivity index (χ0) is 14.9. The number of halogens is 6. The van der Waals surface area contributed by atoms with Crippen molar-refractivity contribution in [3.8, 4) is 16.9 Å². The Labute approximate surface area is 121 Å². The fourth-order valence-electron chi connectivity index (χ4n) is 1.60. The van der Waals surface area contributed by atoms with Gasteiger partial charge in [0.2, 0.25) is 0 Å². The molecule has 0 saturated heterocycles. The minimum Gasteiger partial charge on any atom is -0.403 e. The molecule has 0 amide bonds. The maximum atomic E-state index is 13.6. The van der Waals surface area contributed by atoms with Crippen LogP contribution in [0.25, 0.3) is 11.1 Å². The highest BCUT2D eigenvalue weighted by atomic mass is 35.5. The molecule has 0 bridgehead atoms. The van der Waals surface area contributed by atoms with E-state index in [1.807, 2.05) is 0 Å². The van der Waals surface area contributed by atoms with Gasteiger partial charge in [-0.2, -0.15) is 0 Å². The van der Waals surface area contributed by atoms with Gasteiger partial charge >= 0.3 is 6.36 Å². The van der Waals surface area contributed by atoms with Crippen LogP contribution in [0.5, 0.6) is 5.75 Å². The van der Waals surface area contributed by atoms with E-state index in [1.165, 1.54) is 12.1 Å². The van der Waals surface area contributed by atoms with Crippen LogP contribution in [0.2, 0.25) is 10.0 Å². The first kappa shape index (κ1) is 14.9. The van der Waals surface area contributed by atoms with Gasteiger partial charge in [0, 0.05) is 15.6 Å². The summed E-state index contributed by atoms with van der Waals surface area (Å²) in [5.41, 5.74) is 0.771. The number of hydrogen-bond donors (Lipinski definition) is 0. The molecule has 20 heavy (non-hydrogen) atoms. The lowest BCUT2D eigenvalue weighted by atomic mass is 10.1. The van der Waals surface area contributed by atoms with Gasteiger partial charge in [-0.3, -0.25) is 0 Å². The molecular weight excluding hydrogens is 319 g/mol. The smallest absolute Gasteiger partial charge is 0.403 e. The third kappa shape index (κ3) is 3.55. The summed E-state index contributed by atoms with van der Waals surface area (Å²) in [5, 5.41) is 0.664. The fraction of sp³-hybridized carbons (Fsp3) is 0.0769. The molecule has 1 nitrogen and oxygen atoms in total. The van der Waals surface area contributed by atoms with Gasteiger partial charge in [-0.1, -0.05) is 35.3 Å². The predicted octanol–water partition coefficient (Wildman–Crippen LogP) is 5.70. The summed E-state index contributed by atoms with van der Waals surface area (Å²) in [7, 11) is 0. The normalized spacial score (nSPS) is 11.5. The van der Waals surface area contributed by atoms with Crippen molar-refractivity contribution in [2.24, 2.45) is 0 Å². The molecule has 0 unspecified atom stereocenters. The van der Waals surface area contributed by atoms with Crippen molar-refractivity contribution in [2.75, 3.05) is 0 Å². The SMILES string of the molecule is Fc1cc(-c2ccc(Cl)cc2Cl)ccc1OC(F)(F)F. The van der Waals surface area contributed by atoms with E-state index in [9.17, 15) is 17.6 Å². The number of rotatable bonds is 2. The first-order valence-corrected chi connectivity index (χ1v) is 6.02. The standard InChI is InChI=1S/C13H6Cl2F4O/c14-8-2-3-9(10(15)6-8)7-1-4-12(11(16)5-7)20-13(17,18)19/h1-6H. The second-order valence-electron chi connectivity index (χ2n) is 3.82. The molecule has 0 atom stereocenters. The maximum absolute atomic E-state index is 13.6. The molecule has 0 aliphatic carbocycles. The summed E-state index contributed by atoms with van der Waals surface area (Å²) in [5.74, 6) is -2.03. The highest BCUT2D eigenvalue weighted by Gasteiger charge is 2.32.